The highest BCUT2D eigenvalue weighted by Gasteiger charge is 2.13. The van der Waals surface area contributed by atoms with E-state index in [1.165, 1.54) is 18.2 Å². The number of hydrogen-bond acceptors (Lipinski definition) is 1. The largest absolute Gasteiger partial charge is 0.322 e. The number of anilines is 1. The minimum Gasteiger partial charge on any atom is -0.322 e. The van der Waals surface area contributed by atoms with Crippen LogP contribution in [0.1, 0.15) is 15.9 Å². The second-order valence-corrected chi connectivity index (χ2v) is 4.53. The normalized spacial score (nSPS) is 10.3. The highest BCUT2D eigenvalue weighted by Crippen LogP contribution is 2.21. The van der Waals surface area contributed by atoms with Gasteiger partial charge in [-0.2, -0.15) is 0 Å². The van der Waals surface area contributed by atoms with Gasteiger partial charge >= 0.3 is 0 Å². The van der Waals surface area contributed by atoms with Crippen molar-refractivity contribution in [3.05, 3.63) is 64.4 Å². The van der Waals surface area contributed by atoms with E-state index in [1.54, 1.807) is 24.3 Å². The van der Waals surface area contributed by atoms with E-state index in [0.717, 1.165) is 5.56 Å². The molecule has 0 aromatic heterocycles. The zero-order valence-electron chi connectivity index (χ0n) is 9.79. The Morgan fingerprint density at radius 2 is 1.84 bits per heavy atom. The topological polar surface area (TPSA) is 29.1 Å². The summed E-state index contributed by atoms with van der Waals surface area (Å²) in [6, 6.07) is 11.2. The van der Waals surface area contributed by atoms with Crippen LogP contribution < -0.4 is 5.32 Å². The number of hydrogen-bond donors (Lipinski definition) is 1. The van der Waals surface area contributed by atoms with E-state index in [4.69, 9.17) is 23.2 Å². The second-order valence-electron chi connectivity index (χ2n) is 3.89. The smallest absolute Gasteiger partial charge is 0.257 e. The van der Waals surface area contributed by atoms with Gasteiger partial charge in [-0.3, -0.25) is 4.79 Å². The van der Waals surface area contributed by atoms with Gasteiger partial charge in [0.1, 0.15) is 5.82 Å². The van der Waals surface area contributed by atoms with Crippen molar-refractivity contribution in [1.82, 2.24) is 0 Å². The molecule has 2 rings (SSSR count). The molecule has 0 aliphatic carbocycles. The van der Waals surface area contributed by atoms with Crippen LogP contribution in [0.25, 0.3) is 0 Å². The molecule has 98 valence electrons. The number of carbonyl (C=O) groups excluding carboxylic acids is 1. The summed E-state index contributed by atoms with van der Waals surface area (Å²) in [6.07, 6.45) is 0. The Bertz CT molecular complexity index is 599. The monoisotopic (exact) mass is 297 g/mol. The molecule has 2 nitrogen and oxygen atoms in total. The Hall–Kier alpha value is -1.58. The van der Waals surface area contributed by atoms with E-state index in [-0.39, 0.29) is 10.6 Å². The zero-order chi connectivity index (χ0) is 13.8. The van der Waals surface area contributed by atoms with E-state index in [9.17, 15) is 9.18 Å². The molecule has 2 aromatic rings. The fourth-order valence-electron chi connectivity index (χ4n) is 1.55. The Morgan fingerprint density at radius 3 is 2.47 bits per heavy atom. The van der Waals surface area contributed by atoms with Crippen LogP contribution in [-0.2, 0) is 5.88 Å². The average Bonchev–Trinajstić information content (AvgIpc) is 2.42. The van der Waals surface area contributed by atoms with Gasteiger partial charge in [-0.25, -0.2) is 4.39 Å². The summed E-state index contributed by atoms with van der Waals surface area (Å²) in [5.41, 5.74) is 1.64. The number of halogens is 3. The van der Waals surface area contributed by atoms with Crippen molar-refractivity contribution in [2.75, 3.05) is 5.32 Å². The molecule has 5 heteroatoms. The average molecular weight is 298 g/mol. The van der Waals surface area contributed by atoms with E-state index in [0.29, 0.717) is 11.6 Å². The molecular formula is C14H10Cl2FNO. The summed E-state index contributed by atoms with van der Waals surface area (Å²) >= 11 is 11.4. The first kappa shape index (κ1) is 13.8. The van der Waals surface area contributed by atoms with E-state index in [2.05, 4.69) is 5.32 Å². The summed E-state index contributed by atoms with van der Waals surface area (Å²) in [5.74, 6) is -0.667. The molecule has 0 aliphatic heterocycles. The van der Waals surface area contributed by atoms with Gasteiger partial charge in [-0.1, -0.05) is 29.8 Å². The number of nitrogens with one attached hydrogen (secondary N) is 1. The van der Waals surface area contributed by atoms with Gasteiger partial charge in [-0.15, -0.1) is 11.6 Å². The first-order valence-corrected chi connectivity index (χ1v) is 6.43. The van der Waals surface area contributed by atoms with Crippen molar-refractivity contribution in [3.63, 3.8) is 0 Å². The van der Waals surface area contributed by atoms with Crippen LogP contribution >= 0.6 is 23.2 Å². The molecular weight excluding hydrogens is 288 g/mol. The molecule has 0 spiro atoms. The fourth-order valence-corrected chi connectivity index (χ4v) is 1.94. The first-order chi connectivity index (χ1) is 9.11. The summed E-state index contributed by atoms with van der Waals surface area (Å²) in [4.78, 5) is 12.0. The third kappa shape index (κ3) is 3.25. The van der Waals surface area contributed by atoms with Gasteiger partial charge in [-0.05, 0) is 29.8 Å². The molecule has 2 aromatic carbocycles. The molecule has 1 amide bonds. The van der Waals surface area contributed by atoms with Gasteiger partial charge in [0.15, 0.2) is 0 Å². The lowest BCUT2D eigenvalue weighted by Gasteiger charge is -2.07. The fraction of sp³-hybridized carbons (Fsp3) is 0.0714. The van der Waals surface area contributed by atoms with E-state index < -0.39 is 11.7 Å². The molecule has 1 N–H and O–H groups in total. The standard InChI is InChI=1S/C14H10Cl2FNO/c15-8-9-4-6-10(7-5-9)18-14(19)11-2-1-3-12(17)13(11)16/h1-7H,8H2,(H,18,19). The molecule has 0 saturated heterocycles. The van der Waals surface area contributed by atoms with Crippen molar-refractivity contribution < 1.29 is 9.18 Å². The van der Waals surface area contributed by atoms with Gasteiger partial charge in [0.25, 0.3) is 5.91 Å². The number of amides is 1. The Morgan fingerprint density at radius 1 is 1.16 bits per heavy atom. The molecule has 0 bridgehead atoms. The second kappa shape index (κ2) is 6.04. The van der Waals surface area contributed by atoms with Crippen LogP contribution in [0.3, 0.4) is 0 Å². The number of alkyl halides is 1. The van der Waals surface area contributed by atoms with Crippen LogP contribution in [0.15, 0.2) is 42.5 Å². The van der Waals surface area contributed by atoms with Crippen LogP contribution in [0.4, 0.5) is 10.1 Å². The van der Waals surface area contributed by atoms with E-state index >= 15 is 0 Å². The SMILES string of the molecule is O=C(Nc1ccc(CCl)cc1)c1cccc(F)c1Cl. The maximum Gasteiger partial charge on any atom is 0.257 e. The summed E-state index contributed by atoms with van der Waals surface area (Å²) in [6.45, 7) is 0. The molecule has 0 aliphatic rings. The lowest BCUT2D eigenvalue weighted by atomic mass is 10.2. The molecule has 0 fully saturated rings. The summed E-state index contributed by atoms with van der Waals surface area (Å²) in [5, 5.41) is 2.46. The maximum atomic E-state index is 13.3. The van der Waals surface area contributed by atoms with Crippen LogP contribution in [0, 0.1) is 5.82 Å². The lowest BCUT2D eigenvalue weighted by Crippen LogP contribution is -2.12. The minimum absolute atomic E-state index is 0.100. The predicted octanol–water partition coefficient (Wildman–Crippen LogP) is 4.47. The van der Waals surface area contributed by atoms with Crippen molar-refractivity contribution in [2.45, 2.75) is 5.88 Å². The van der Waals surface area contributed by atoms with Gasteiger partial charge < -0.3 is 5.32 Å². The third-order valence-electron chi connectivity index (χ3n) is 2.56. The highest BCUT2D eigenvalue weighted by atomic mass is 35.5. The van der Waals surface area contributed by atoms with Crippen molar-refractivity contribution >= 4 is 34.8 Å². The predicted molar refractivity (Wildman–Crippen MR) is 75.4 cm³/mol. The molecule has 0 radical (unpaired) electrons. The van der Waals surface area contributed by atoms with Crippen molar-refractivity contribution in [1.29, 1.82) is 0 Å². The Kier molecular flexibility index (Phi) is 4.40. The van der Waals surface area contributed by atoms with Crippen molar-refractivity contribution in [2.24, 2.45) is 0 Å². The third-order valence-corrected chi connectivity index (χ3v) is 3.26. The Labute approximate surface area is 120 Å². The zero-order valence-corrected chi connectivity index (χ0v) is 11.3. The minimum atomic E-state index is -0.619. The summed E-state index contributed by atoms with van der Waals surface area (Å²) < 4.78 is 13.3. The van der Waals surface area contributed by atoms with Crippen LogP contribution in [0.2, 0.25) is 5.02 Å². The maximum absolute atomic E-state index is 13.3. The molecule has 0 atom stereocenters. The number of rotatable bonds is 3. The number of benzene rings is 2. The molecule has 0 saturated carbocycles. The highest BCUT2D eigenvalue weighted by molar-refractivity contribution is 6.34. The van der Waals surface area contributed by atoms with Crippen LogP contribution in [0.5, 0.6) is 0 Å². The summed E-state index contributed by atoms with van der Waals surface area (Å²) in [7, 11) is 0. The van der Waals surface area contributed by atoms with Gasteiger partial charge in [0, 0.05) is 11.6 Å². The van der Waals surface area contributed by atoms with Crippen molar-refractivity contribution in [3.8, 4) is 0 Å². The number of carbonyl (C=O) groups is 1. The van der Waals surface area contributed by atoms with Crippen LogP contribution in [-0.4, -0.2) is 5.91 Å². The quantitative estimate of drug-likeness (QED) is 0.832. The molecule has 0 unspecified atom stereocenters. The molecule has 0 heterocycles. The lowest BCUT2D eigenvalue weighted by molar-refractivity contribution is 0.102. The van der Waals surface area contributed by atoms with Gasteiger partial charge in [0.05, 0.1) is 10.6 Å². The Balaban J connectivity index is 2.18. The van der Waals surface area contributed by atoms with Gasteiger partial charge in [0.2, 0.25) is 0 Å². The van der Waals surface area contributed by atoms with E-state index in [1.807, 2.05) is 0 Å². The first-order valence-electron chi connectivity index (χ1n) is 5.52. The molecule has 19 heavy (non-hydrogen) atoms.